The zero-order valence-electron chi connectivity index (χ0n) is 9.23. The summed E-state index contributed by atoms with van der Waals surface area (Å²) < 4.78 is 1.89. The lowest BCUT2D eigenvalue weighted by atomic mass is 10.2. The summed E-state index contributed by atoms with van der Waals surface area (Å²) in [5.74, 6) is -0.0520. The Labute approximate surface area is 94.8 Å². The highest BCUT2D eigenvalue weighted by Crippen LogP contribution is 2.20. The average molecular weight is 214 g/mol. The molecule has 1 aromatic rings. The van der Waals surface area contributed by atoms with Crippen LogP contribution in [0.2, 0.25) is 0 Å². The molecule has 0 bridgehead atoms. The lowest BCUT2D eigenvalue weighted by Crippen LogP contribution is -2.24. The van der Waals surface area contributed by atoms with Crippen molar-refractivity contribution in [2.75, 3.05) is 6.54 Å². The standard InChI is InChI=1S/C13H14N2O/c1-3-6-11-10(4-2)9-14-13(16)12-7-5-8-15(11)12/h3-8H,2,9H2,1H3,(H,14,16)/b6-3-. The number of allylic oxidation sites excluding steroid dienone is 3. The molecule has 0 saturated heterocycles. The molecule has 1 aromatic heterocycles. The van der Waals surface area contributed by atoms with Gasteiger partial charge in [-0.15, -0.1) is 0 Å². The van der Waals surface area contributed by atoms with Crippen LogP contribution in [-0.2, 0) is 0 Å². The minimum Gasteiger partial charge on any atom is -0.347 e. The number of hydrogen-bond donors (Lipinski definition) is 1. The van der Waals surface area contributed by atoms with E-state index in [4.69, 9.17) is 0 Å². The van der Waals surface area contributed by atoms with E-state index in [2.05, 4.69) is 11.9 Å². The van der Waals surface area contributed by atoms with E-state index in [9.17, 15) is 4.79 Å². The largest absolute Gasteiger partial charge is 0.347 e. The van der Waals surface area contributed by atoms with E-state index in [1.807, 2.05) is 42.0 Å². The number of nitrogens with one attached hydrogen (secondary N) is 1. The third-order valence-corrected chi connectivity index (χ3v) is 2.58. The minimum absolute atomic E-state index is 0.0520. The summed E-state index contributed by atoms with van der Waals surface area (Å²) in [5, 5.41) is 2.85. The number of carbonyl (C=O) groups is 1. The number of amides is 1. The van der Waals surface area contributed by atoms with E-state index in [-0.39, 0.29) is 5.91 Å². The first kappa shape index (κ1) is 10.5. The zero-order valence-corrected chi connectivity index (χ0v) is 9.23. The first-order valence-corrected chi connectivity index (χ1v) is 5.22. The highest BCUT2D eigenvalue weighted by atomic mass is 16.1. The van der Waals surface area contributed by atoms with Gasteiger partial charge in [0, 0.05) is 12.7 Å². The van der Waals surface area contributed by atoms with E-state index in [1.165, 1.54) is 0 Å². The van der Waals surface area contributed by atoms with Gasteiger partial charge in [-0.25, -0.2) is 0 Å². The fraction of sp³-hybridized carbons (Fsp3) is 0.154. The highest BCUT2D eigenvalue weighted by Gasteiger charge is 2.17. The molecule has 1 amide bonds. The van der Waals surface area contributed by atoms with E-state index in [0.29, 0.717) is 12.2 Å². The molecule has 0 aromatic carbocycles. The molecule has 2 heterocycles. The number of carbonyl (C=O) groups excluding carboxylic acids is 1. The van der Waals surface area contributed by atoms with Gasteiger partial charge in [-0.2, -0.15) is 0 Å². The summed E-state index contributed by atoms with van der Waals surface area (Å²) in [7, 11) is 0. The Morgan fingerprint density at radius 3 is 3.06 bits per heavy atom. The third-order valence-electron chi connectivity index (χ3n) is 2.58. The van der Waals surface area contributed by atoms with Crippen molar-refractivity contribution in [1.29, 1.82) is 0 Å². The predicted octanol–water partition coefficient (Wildman–Crippen LogP) is 2.20. The van der Waals surface area contributed by atoms with E-state index in [0.717, 1.165) is 11.3 Å². The summed E-state index contributed by atoms with van der Waals surface area (Å²) in [6.07, 6.45) is 7.61. The maximum absolute atomic E-state index is 11.8. The number of hydrogen-bond acceptors (Lipinski definition) is 1. The van der Waals surface area contributed by atoms with Crippen LogP contribution in [0.1, 0.15) is 17.4 Å². The van der Waals surface area contributed by atoms with Crippen LogP contribution in [0.25, 0.3) is 5.70 Å². The molecule has 0 spiro atoms. The van der Waals surface area contributed by atoms with Gasteiger partial charge in [0.1, 0.15) is 5.69 Å². The highest BCUT2D eigenvalue weighted by molar-refractivity contribution is 5.95. The quantitative estimate of drug-likeness (QED) is 0.804. The van der Waals surface area contributed by atoms with Gasteiger partial charge in [-0.3, -0.25) is 4.79 Å². The molecule has 1 aliphatic heterocycles. The van der Waals surface area contributed by atoms with Gasteiger partial charge in [0.25, 0.3) is 5.91 Å². The van der Waals surface area contributed by atoms with Crippen molar-refractivity contribution in [3.63, 3.8) is 0 Å². The Hall–Kier alpha value is -2.03. The Morgan fingerprint density at radius 1 is 1.56 bits per heavy atom. The van der Waals surface area contributed by atoms with Crippen molar-refractivity contribution in [2.24, 2.45) is 0 Å². The zero-order chi connectivity index (χ0) is 11.5. The van der Waals surface area contributed by atoms with Crippen LogP contribution in [-0.4, -0.2) is 17.0 Å². The minimum atomic E-state index is -0.0520. The molecule has 0 atom stereocenters. The van der Waals surface area contributed by atoms with Crippen LogP contribution in [0.5, 0.6) is 0 Å². The SMILES string of the molecule is C=CC1=C(/C=C\C)n2cccc2C(=O)NC1. The second kappa shape index (κ2) is 4.23. The first-order valence-electron chi connectivity index (χ1n) is 5.22. The first-order chi connectivity index (χ1) is 7.77. The summed E-state index contributed by atoms with van der Waals surface area (Å²) in [6, 6.07) is 3.68. The van der Waals surface area contributed by atoms with Gasteiger partial charge in [-0.05, 0) is 30.7 Å². The molecule has 0 fully saturated rings. The molecule has 3 nitrogen and oxygen atoms in total. The summed E-state index contributed by atoms with van der Waals surface area (Å²) in [5.41, 5.74) is 2.67. The molecule has 0 saturated carbocycles. The van der Waals surface area contributed by atoms with Gasteiger partial charge in [0.05, 0.1) is 5.70 Å². The van der Waals surface area contributed by atoms with Crippen molar-refractivity contribution in [2.45, 2.75) is 6.92 Å². The van der Waals surface area contributed by atoms with Crippen molar-refractivity contribution in [1.82, 2.24) is 9.88 Å². The Bertz CT molecular complexity index is 492. The van der Waals surface area contributed by atoms with Gasteiger partial charge in [0.15, 0.2) is 0 Å². The smallest absolute Gasteiger partial charge is 0.268 e. The monoisotopic (exact) mass is 214 g/mol. The van der Waals surface area contributed by atoms with E-state index < -0.39 is 0 Å². The topological polar surface area (TPSA) is 34.0 Å². The lowest BCUT2D eigenvalue weighted by molar-refractivity contribution is 0.0952. The summed E-state index contributed by atoms with van der Waals surface area (Å²) in [6.45, 7) is 6.26. The molecule has 1 aliphatic rings. The number of aromatic nitrogens is 1. The normalized spacial score (nSPS) is 15.9. The molecule has 1 N–H and O–H groups in total. The second-order valence-corrected chi connectivity index (χ2v) is 3.56. The van der Waals surface area contributed by atoms with Gasteiger partial charge >= 0.3 is 0 Å². The maximum Gasteiger partial charge on any atom is 0.268 e. The molecule has 3 heteroatoms. The van der Waals surface area contributed by atoms with Gasteiger partial charge < -0.3 is 9.88 Å². The van der Waals surface area contributed by atoms with Crippen LogP contribution < -0.4 is 5.32 Å². The Balaban J connectivity index is 2.65. The van der Waals surface area contributed by atoms with Crippen molar-refractivity contribution >= 4 is 11.6 Å². The summed E-state index contributed by atoms with van der Waals surface area (Å²) >= 11 is 0. The van der Waals surface area contributed by atoms with Gasteiger partial charge in [0.2, 0.25) is 0 Å². The molecule has 0 aliphatic carbocycles. The Kier molecular flexibility index (Phi) is 2.77. The predicted molar refractivity (Wildman–Crippen MR) is 65.0 cm³/mol. The van der Waals surface area contributed by atoms with Crippen LogP contribution in [0.4, 0.5) is 0 Å². The van der Waals surface area contributed by atoms with Crippen molar-refractivity contribution in [3.05, 3.63) is 54.4 Å². The lowest BCUT2D eigenvalue weighted by Gasteiger charge is -2.08. The maximum atomic E-state index is 11.8. The molecule has 16 heavy (non-hydrogen) atoms. The molecule has 0 unspecified atom stereocenters. The van der Waals surface area contributed by atoms with Crippen molar-refractivity contribution in [3.8, 4) is 0 Å². The number of rotatable bonds is 2. The van der Waals surface area contributed by atoms with Crippen molar-refractivity contribution < 1.29 is 4.79 Å². The van der Waals surface area contributed by atoms with Gasteiger partial charge in [-0.1, -0.05) is 18.7 Å². The number of nitrogens with zero attached hydrogens (tertiary/aromatic N) is 1. The molecule has 82 valence electrons. The molecular formula is C13H14N2O. The average Bonchev–Trinajstić information content (AvgIpc) is 2.72. The van der Waals surface area contributed by atoms with Crippen LogP contribution >= 0.6 is 0 Å². The van der Waals surface area contributed by atoms with Crippen LogP contribution in [0.3, 0.4) is 0 Å². The van der Waals surface area contributed by atoms with Crippen LogP contribution in [0, 0.1) is 0 Å². The molecule has 2 rings (SSSR count). The number of fused-ring (bicyclic) bond motifs is 1. The fourth-order valence-electron chi connectivity index (χ4n) is 1.81. The van der Waals surface area contributed by atoms with E-state index in [1.54, 1.807) is 6.08 Å². The summed E-state index contributed by atoms with van der Waals surface area (Å²) in [4.78, 5) is 11.8. The molecule has 0 radical (unpaired) electrons. The van der Waals surface area contributed by atoms with Crippen LogP contribution in [0.15, 0.2) is 48.7 Å². The second-order valence-electron chi connectivity index (χ2n) is 3.56. The van der Waals surface area contributed by atoms with E-state index >= 15 is 0 Å². The fourth-order valence-corrected chi connectivity index (χ4v) is 1.81. The third kappa shape index (κ3) is 1.60. The molecular weight excluding hydrogens is 200 g/mol. The Morgan fingerprint density at radius 2 is 2.38 bits per heavy atom.